The third-order valence-electron chi connectivity index (χ3n) is 4.81. The lowest BCUT2D eigenvalue weighted by Gasteiger charge is -2.14. The van der Waals surface area contributed by atoms with E-state index in [2.05, 4.69) is 5.32 Å². The SMILES string of the molecule is Cc1ccc(C)c(-n2c(=O)c3sccc3n(CC(=O)Nc3ccccc3F)c2=O)c1. The number of rotatable bonds is 4. The zero-order valence-corrected chi connectivity index (χ0v) is 17.1. The fourth-order valence-corrected chi connectivity index (χ4v) is 4.13. The van der Waals surface area contributed by atoms with E-state index in [1.54, 1.807) is 23.6 Å². The fourth-order valence-electron chi connectivity index (χ4n) is 3.31. The molecular weight excluding hydrogens is 405 g/mol. The molecule has 6 nitrogen and oxygen atoms in total. The van der Waals surface area contributed by atoms with Gasteiger partial charge in [-0.3, -0.25) is 14.2 Å². The average Bonchev–Trinajstić information content (AvgIpc) is 3.20. The second-order valence-electron chi connectivity index (χ2n) is 6.96. The Morgan fingerprint density at radius 2 is 1.87 bits per heavy atom. The normalized spacial score (nSPS) is 11.0. The summed E-state index contributed by atoms with van der Waals surface area (Å²) in [5.74, 6) is -1.14. The maximum atomic E-state index is 13.9. The van der Waals surface area contributed by atoms with Crippen molar-refractivity contribution in [3.05, 3.63) is 91.7 Å². The van der Waals surface area contributed by atoms with Gasteiger partial charge in [-0.15, -0.1) is 11.3 Å². The Morgan fingerprint density at radius 3 is 2.63 bits per heavy atom. The quantitative estimate of drug-likeness (QED) is 0.545. The summed E-state index contributed by atoms with van der Waals surface area (Å²) in [4.78, 5) is 38.9. The van der Waals surface area contributed by atoms with Gasteiger partial charge in [0.15, 0.2) is 0 Å². The number of thiophene rings is 1. The van der Waals surface area contributed by atoms with Crippen LogP contribution in [0.2, 0.25) is 0 Å². The third-order valence-corrected chi connectivity index (χ3v) is 5.70. The molecule has 30 heavy (non-hydrogen) atoms. The van der Waals surface area contributed by atoms with Crippen LogP contribution in [0.3, 0.4) is 0 Å². The van der Waals surface area contributed by atoms with Crippen LogP contribution in [0.1, 0.15) is 11.1 Å². The Bertz CT molecular complexity index is 1400. The van der Waals surface area contributed by atoms with Crippen molar-refractivity contribution in [3.8, 4) is 5.69 Å². The van der Waals surface area contributed by atoms with Crippen molar-refractivity contribution in [1.82, 2.24) is 9.13 Å². The minimum absolute atomic E-state index is 0.0277. The summed E-state index contributed by atoms with van der Waals surface area (Å²) in [5, 5.41) is 4.18. The van der Waals surface area contributed by atoms with Gasteiger partial charge in [0, 0.05) is 0 Å². The molecule has 0 saturated carbocycles. The van der Waals surface area contributed by atoms with Gasteiger partial charge in [-0.2, -0.15) is 0 Å². The largest absolute Gasteiger partial charge is 0.336 e. The van der Waals surface area contributed by atoms with Gasteiger partial charge >= 0.3 is 5.69 Å². The predicted molar refractivity (Wildman–Crippen MR) is 116 cm³/mol. The topological polar surface area (TPSA) is 73.1 Å². The van der Waals surface area contributed by atoms with E-state index in [1.165, 1.54) is 34.1 Å². The molecule has 1 amide bonds. The molecule has 152 valence electrons. The smallest absolute Gasteiger partial charge is 0.322 e. The minimum Gasteiger partial charge on any atom is -0.322 e. The molecule has 4 rings (SSSR count). The average molecular weight is 423 g/mol. The van der Waals surface area contributed by atoms with Crippen molar-refractivity contribution < 1.29 is 9.18 Å². The van der Waals surface area contributed by atoms with Crippen molar-refractivity contribution in [2.75, 3.05) is 5.32 Å². The first-order valence-electron chi connectivity index (χ1n) is 9.22. The van der Waals surface area contributed by atoms with Crippen LogP contribution < -0.4 is 16.6 Å². The molecule has 0 bridgehead atoms. The van der Waals surface area contributed by atoms with Gasteiger partial charge in [0.2, 0.25) is 5.91 Å². The van der Waals surface area contributed by atoms with Crippen LogP contribution in [0.25, 0.3) is 15.9 Å². The van der Waals surface area contributed by atoms with E-state index in [4.69, 9.17) is 0 Å². The third kappa shape index (κ3) is 3.46. The molecule has 0 spiro atoms. The van der Waals surface area contributed by atoms with Crippen molar-refractivity contribution in [2.45, 2.75) is 20.4 Å². The van der Waals surface area contributed by atoms with E-state index >= 15 is 0 Å². The lowest BCUT2D eigenvalue weighted by atomic mass is 10.1. The number of fused-ring (bicyclic) bond motifs is 1. The highest BCUT2D eigenvalue weighted by Crippen LogP contribution is 2.19. The number of carbonyl (C=O) groups is 1. The molecule has 0 unspecified atom stereocenters. The number of carbonyl (C=O) groups excluding carboxylic acids is 1. The van der Waals surface area contributed by atoms with Crippen LogP contribution in [0.15, 0.2) is 63.5 Å². The second kappa shape index (κ2) is 7.72. The molecule has 4 aromatic rings. The highest BCUT2D eigenvalue weighted by atomic mass is 32.1. The summed E-state index contributed by atoms with van der Waals surface area (Å²) in [6, 6.07) is 12.9. The summed E-state index contributed by atoms with van der Waals surface area (Å²) in [7, 11) is 0. The Labute approximate surface area is 174 Å². The molecule has 8 heteroatoms. The zero-order valence-electron chi connectivity index (χ0n) is 16.3. The molecule has 0 atom stereocenters. The first-order chi connectivity index (χ1) is 14.4. The van der Waals surface area contributed by atoms with Crippen LogP contribution in [0.5, 0.6) is 0 Å². The first kappa shape index (κ1) is 19.8. The summed E-state index contributed by atoms with van der Waals surface area (Å²) in [6.45, 7) is 3.33. The van der Waals surface area contributed by atoms with E-state index in [9.17, 15) is 18.8 Å². The van der Waals surface area contributed by atoms with Gasteiger partial charge in [0.05, 0.1) is 16.9 Å². The van der Waals surface area contributed by atoms with Gasteiger partial charge < -0.3 is 5.32 Å². The predicted octanol–water partition coefficient (Wildman–Crippen LogP) is 3.61. The van der Waals surface area contributed by atoms with Crippen molar-refractivity contribution in [2.24, 2.45) is 0 Å². The number of hydrogen-bond acceptors (Lipinski definition) is 4. The van der Waals surface area contributed by atoms with Crippen molar-refractivity contribution in [1.29, 1.82) is 0 Å². The Morgan fingerprint density at radius 1 is 1.10 bits per heavy atom. The molecule has 2 heterocycles. The van der Waals surface area contributed by atoms with E-state index in [1.807, 2.05) is 26.0 Å². The number of nitrogens with zero attached hydrogens (tertiary/aromatic N) is 2. The Kier molecular flexibility index (Phi) is 5.09. The van der Waals surface area contributed by atoms with Crippen LogP contribution >= 0.6 is 11.3 Å². The highest BCUT2D eigenvalue weighted by Gasteiger charge is 2.19. The van der Waals surface area contributed by atoms with Gasteiger partial charge in [0.1, 0.15) is 17.1 Å². The van der Waals surface area contributed by atoms with Crippen molar-refractivity contribution >= 4 is 33.1 Å². The molecule has 2 aromatic heterocycles. The van der Waals surface area contributed by atoms with Gasteiger partial charge in [-0.25, -0.2) is 13.8 Å². The molecule has 0 aliphatic heterocycles. The van der Waals surface area contributed by atoms with Crippen LogP contribution in [-0.2, 0) is 11.3 Å². The molecule has 0 aliphatic rings. The lowest BCUT2D eigenvalue weighted by molar-refractivity contribution is -0.116. The first-order valence-corrected chi connectivity index (χ1v) is 10.1. The molecule has 2 aromatic carbocycles. The van der Waals surface area contributed by atoms with E-state index in [0.717, 1.165) is 15.7 Å². The number of para-hydroxylation sites is 1. The number of nitrogens with one attached hydrogen (secondary N) is 1. The summed E-state index contributed by atoms with van der Waals surface area (Å²) in [5.41, 5.74) is 1.49. The van der Waals surface area contributed by atoms with Crippen molar-refractivity contribution in [3.63, 3.8) is 0 Å². The standard InChI is InChI=1S/C22H18FN3O3S/c1-13-7-8-14(2)18(11-13)26-21(28)20-17(9-10-30-20)25(22(26)29)12-19(27)24-16-6-4-3-5-15(16)23/h3-11H,12H2,1-2H3,(H,24,27). The minimum atomic E-state index is -0.622. The molecule has 0 radical (unpaired) electrons. The highest BCUT2D eigenvalue weighted by molar-refractivity contribution is 7.17. The molecule has 0 fully saturated rings. The molecule has 1 N–H and O–H groups in total. The number of halogens is 1. The monoisotopic (exact) mass is 423 g/mol. The van der Waals surface area contributed by atoms with E-state index in [-0.39, 0.29) is 12.2 Å². The molecular formula is C22H18FN3O3S. The Balaban J connectivity index is 1.84. The van der Waals surface area contributed by atoms with Gasteiger partial charge in [-0.05, 0) is 54.6 Å². The van der Waals surface area contributed by atoms with Gasteiger partial charge in [-0.1, -0.05) is 24.3 Å². The second-order valence-corrected chi connectivity index (χ2v) is 7.88. The van der Waals surface area contributed by atoms with Crippen LogP contribution in [-0.4, -0.2) is 15.0 Å². The zero-order chi connectivity index (χ0) is 21.4. The van der Waals surface area contributed by atoms with Crippen LogP contribution in [0.4, 0.5) is 10.1 Å². The van der Waals surface area contributed by atoms with E-state index < -0.39 is 23.0 Å². The number of aromatic nitrogens is 2. The number of benzene rings is 2. The molecule has 0 saturated heterocycles. The number of anilines is 1. The number of hydrogen-bond donors (Lipinski definition) is 1. The number of amides is 1. The fraction of sp³-hybridized carbons (Fsp3) is 0.136. The summed E-state index contributed by atoms with van der Waals surface area (Å²) < 4.78 is 16.6. The Hall–Kier alpha value is -3.52. The van der Waals surface area contributed by atoms with Crippen LogP contribution in [0, 0.1) is 19.7 Å². The van der Waals surface area contributed by atoms with Gasteiger partial charge in [0.25, 0.3) is 5.56 Å². The maximum absolute atomic E-state index is 13.9. The molecule has 0 aliphatic carbocycles. The van der Waals surface area contributed by atoms with E-state index in [0.29, 0.717) is 15.9 Å². The maximum Gasteiger partial charge on any atom is 0.336 e. The lowest BCUT2D eigenvalue weighted by Crippen LogP contribution is -2.40. The summed E-state index contributed by atoms with van der Waals surface area (Å²) in [6.07, 6.45) is 0. The number of aryl methyl sites for hydroxylation is 2. The summed E-state index contributed by atoms with van der Waals surface area (Å²) >= 11 is 1.20.